The van der Waals surface area contributed by atoms with Crippen molar-refractivity contribution in [3.8, 4) is 0 Å². The average molecular weight is 427 g/mol. The molecule has 0 spiro atoms. The van der Waals surface area contributed by atoms with Gasteiger partial charge in [-0.05, 0) is 62.9 Å². The highest BCUT2D eigenvalue weighted by Crippen LogP contribution is 2.33. The molecular formula is C8H6F3I2N. The molecular weight excluding hydrogens is 421 g/mol. The molecule has 1 atom stereocenters. The summed E-state index contributed by atoms with van der Waals surface area (Å²) in [5.74, 6) is 0. The van der Waals surface area contributed by atoms with Crippen molar-refractivity contribution in [2.24, 2.45) is 5.73 Å². The van der Waals surface area contributed by atoms with E-state index in [-0.39, 0.29) is 5.56 Å². The van der Waals surface area contributed by atoms with Gasteiger partial charge in [0.05, 0.1) is 0 Å². The van der Waals surface area contributed by atoms with E-state index in [1.807, 2.05) is 45.2 Å². The standard InChI is InChI=1S/C8H6F3I2N/c9-8(10,11)7(14)5-2-1-4(12)3-6(5)13/h1-3,7H,14H2/t7-/m0/s1. The zero-order valence-electron chi connectivity index (χ0n) is 6.78. The SMILES string of the molecule is N[C@@H](c1ccc(I)cc1I)C(F)(F)F. The van der Waals surface area contributed by atoms with Gasteiger partial charge in [-0.15, -0.1) is 0 Å². The maximum Gasteiger partial charge on any atom is 0.407 e. The zero-order chi connectivity index (χ0) is 10.9. The second kappa shape index (κ2) is 4.52. The molecule has 0 bridgehead atoms. The number of alkyl halides is 3. The van der Waals surface area contributed by atoms with Crippen LogP contribution in [0.1, 0.15) is 11.6 Å². The van der Waals surface area contributed by atoms with Crippen LogP contribution >= 0.6 is 45.2 Å². The summed E-state index contributed by atoms with van der Waals surface area (Å²) in [4.78, 5) is 0. The molecule has 0 aliphatic rings. The molecule has 0 amide bonds. The second-order valence-electron chi connectivity index (χ2n) is 2.69. The molecule has 0 radical (unpaired) electrons. The van der Waals surface area contributed by atoms with Crippen molar-refractivity contribution in [1.82, 2.24) is 0 Å². The van der Waals surface area contributed by atoms with Crippen LogP contribution in [-0.4, -0.2) is 6.18 Å². The molecule has 0 unspecified atom stereocenters. The van der Waals surface area contributed by atoms with Gasteiger partial charge in [-0.3, -0.25) is 0 Å². The third-order valence-corrected chi connectivity index (χ3v) is 3.26. The Hall–Kier alpha value is 0.430. The highest BCUT2D eigenvalue weighted by atomic mass is 127. The van der Waals surface area contributed by atoms with Gasteiger partial charge >= 0.3 is 6.18 Å². The predicted octanol–water partition coefficient (Wildman–Crippen LogP) is 3.46. The molecule has 0 aliphatic carbocycles. The summed E-state index contributed by atoms with van der Waals surface area (Å²) in [7, 11) is 0. The van der Waals surface area contributed by atoms with Gasteiger partial charge in [0.1, 0.15) is 6.04 Å². The normalized spacial score (nSPS) is 14.1. The average Bonchev–Trinajstić information content (AvgIpc) is 2.01. The number of nitrogens with two attached hydrogens (primary N) is 1. The number of halogens is 5. The fourth-order valence-corrected chi connectivity index (χ4v) is 2.87. The van der Waals surface area contributed by atoms with Gasteiger partial charge in [0.25, 0.3) is 0 Å². The van der Waals surface area contributed by atoms with Crippen LogP contribution < -0.4 is 5.73 Å². The van der Waals surface area contributed by atoms with Crippen molar-refractivity contribution >= 4 is 45.2 Å². The number of rotatable bonds is 1. The van der Waals surface area contributed by atoms with Gasteiger partial charge in [0.15, 0.2) is 0 Å². The van der Waals surface area contributed by atoms with Crippen LogP contribution in [0.5, 0.6) is 0 Å². The Morgan fingerprint density at radius 3 is 2.21 bits per heavy atom. The van der Waals surface area contributed by atoms with Crippen molar-refractivity contribution in [3.05, 3.63) is 30.9 Å². The van der Waals surface area contributed by atoms with Gasteiger partial charge in [-0.2, -0.15) is 13.2 Å². The van der Waals surface area contributed by atoms with Gasteiger partial charge in [0.2, 0.25) is 0 Å². The van der Waals surface area contributed by atoms with Crippen LogP contribution in [0.25, 0.3) is 0 Å². The van der Waals surface area contributed by atoms with Crippen molar-refractivity contribution < 1.29 is 13.2 Å². The van der Waals surface area contributed by atoms with Gasteiger partial charge in [-0.25, -0.2) is 0 Å². The van der Waals surface area contributed by atoms with Crippen molar-refractivity contribution in [2.75, 3.05) is 0 Å². The highest BCUT2D eigenvalue weighted by molar-refractivity contribution is 14.1. The third-order valence-electron chi connectivity index (χ3n) is 1.65. The van der Waals surface area contributed by atoms with Crippen molar-refractivity contribution in [1.29, 1.82) is 0 Å². The molecule has 0 saturated heterocycles. The third kappa shape index (κ3) is 2.96. The lowest BCUT2D eigenvalue weighted by atomic mass is 10.1. The maximum atomic E-state index is 12.3. The van der Waals surface area contributed by atoms with E-state index in [1.54, 1.807) is 12.1 Å². The van der Waals surface area contributed by atoms with E-state index in [4.69, 9.17) is 5.73 Å². The van der Waals surface area contributed by atoms with Crippen LogP contribution in [0.3, 0.4) is 0 Å². The van der Waals surface area contributed by atoms with E-state index in [1.165, 1.54) is 6.07 Å². The molecule has 1 nitrogen and oxygen atoms in total. The molecule has 0 aliphatic heterocycles. The lowest BCUT2D eigenvalue weighted by Crippen LogP contribution is -2.29. The minimum atomic E-state index is -4.38. The van der Waals surface area contributed by atoms with Crippen molar-refractivity contribution in [3.63, 3.8) is 0 Å². The van der Waals surface area contributed by atoms with Crippen LogP contribution in [0.4, 0.5) is 13.2 Å². The van der Waals surface area contributed by atoms with E-state index in [2.05, 4.69) is 0 Å². The van der Waals surface area contributed by atoms with Crippen molar-refractivity contribution in [2.45, 2.75) is 12.2 Å². The second-order valence-corrected chi connectivity index (χ2v) is 5.09. The molecule has 0 aromatic heterocycles. The summed E-state index contributed by atoms with van der Waals surface area (Å²) in [6.07, 6.45) is -4.38. The first kappa shape index (κ1) is 12.5. The van der Waals surface area contributed by atoms with Crippen LogP contribution in [-0.2, 0) is 0 Å². The maximum absolute atomic E-state index is 12.3. The smallest absolute Gasteiger partial charge is 0.316 e. The van der Waals surface area contributed by atoms with E-state index in [9.17, 15) is 13.2 Å². The number of hydrogen-bond acceptors (Lipinski definition) is 1. The summed E-state index contributed by atoms with van der Waals surface area (Å²) in [6.45, 7) is 0. The first-order chi connectivity index (χ1) is 6.32. The highest BCUT2D eigenvalue weighted by Gasteiger charge is 2.38. The Morgan fingerprint density at radius 2 is 1.79 bits per heavy atom. The first-order valence-corrected chi connectivity index (χ1v) is 5.75. The fraction of sp³-hybridized carbons (Fsp3) is 0.250. The van der Waals surface area contributed by atoms with Crippen LogP contribution in [0.2, 0.25) is 0 Å². The molecule has 2 N–H and O–H groups in total. The molecule has 6 heteroatoms. The molecule has 0 saturated carbocycles. The Morgan fingerprint density at radius 1 is 1.21 bits per heavy atom. The Bertz CT molecular complexity index is 338. The molecule has 78 valence electrons. The number of hydrogen-bond donors (Lipinski definition) is 1. The lowest BCUT2D eigenvalue weighted by molar-refractivity contribution is -0.149. The Balaban J connectivity index is 3.08. The van der Waals surface area contributed by atoms with E-state index in [0.717, 1.165) is 3.57 Å². The summed E-state index contributed by atoms with van der Waals surface area (Å²) in [5.41, 5.74) is 5.21. The van der Waals surface area contributed by atoms with Crippen LogP contribution in [0.15, 0.2) is 18.2 Å². The lowest BCUT2D eigenvalue weighted by Gasteiger charge is -2.17. The summed E-state index contributed by atoms with van der Waals surface area (Å²) in [5, 5.41) is 0. The largest absolute Gasteiger partial charge is 0.407 e. The molecule has 1 aromatic rings. The van der Waals surface area contributed by atoms with E-state index in [0.29, 0.717) is 3.57 Å². The molecule has 14 heavy (non-hydrogen) atoms. The van der Waals surface area contributed by atoms with Crippen LogP contribution in [0, 0.1) is 7.14 Å². The minimum absolute atomic E-state index is 0.124. The van der Waals surface area contributed by atoms with Gasteiger partial charge in [-0.1, -0.05) is 6.07 Å². The quantitative estimate of drug-likeness (QED) is 0.684. The molecule has 0 heterocycles. The number of benzene rings is 1. The summed E-state index contributed by atoms with van der Waals surface area (Å²) < 4.78 is 38.3. The molecule has 0 fully saturated rings. The van der Waals surface area contributed by atoms with E-state index < -0.39 is 12.2 Å². The molecule has 1 rings (SSSR count). The topological polar surface area (TPSA) is 26.0 Å². The molecule has 1 aromatic carbocycles. The Labute approximate surface area is 107 Å². The monoisotopic (exact) mass is 427 g/mol. The summed E-state index contributed by atoms with van der Waals surface area (Å²) in [6, 6.07) is 2.80. The summed E-state index contributed by atoms with van der Waals surface area (Å²) >= 11 is 3.90. The van der Waals surface area contributed by atoms with Gasteiger partial charge in [0, 0.05) is 7.14 Å². The minimum Gasteiger partial charge on any atom is -0.316 e. The first-order valence-electron chi connectivity index (χ1n) is 3.59. The van der Waals surface area contributed by atoms with Gasteiger partial charge < -0.3 is 5.73 Å². The Kier molecular flexibility index (Phi) is 4.03. The zero-order valence-corrected chi connectivity index (χ0v) is 11.1. The predicted molar refractivity (Wildman–Crippen MR) is 64.9 cm³/mol. The van der Waals surface area contributed by atoms with E-state index >= 15 is 0 Å². The fourth-order valence-electron chi connectivity index (χ4n) is 0.930.